The van der Waals surface area contributed by atoms with Crippen molar-refractivity contribution in [3.05, 3.63) is 65.7 Å². The van der Waals surface area contributed by atoms with Crippen LogP contribution >= 0.6 is 0 Å². The third kappa shape index (κ3) is 7.36. The van der Waals surface area contributed by atoms with Crippen LogP contribution in [0.5, 0.6) is 0 Å². The van der Waals surface area contributed by atoms with E-state index in [9.17, 15) is 14.4 Å². The molecular formula is C28H38BN3O6. The lowest BCUT2D eigenvalue weighted by Gasteiger charge is -2.32. The molecule has 0 radical (unpaired) electrons. The molecule has 3 rings (SSSR count). The first kappa shape index (κ1) is 29.2. The Bertz CT molecular complexity index is 1110. The van der Waals surface area contributed by atoms with Crippen molar-refractivity contribution in [3.63, 3.8) is 0 Å². The predicted octanol–water partition coefficient (Wildman–Crippen LogP) is 2.45. The first-order chi connectivity index (χ1) is 17.8. The Morgan fingerprint density at radius 2 is 1.47 bits per heavy atom. The van der Waals surface area contributed by atoms with Gasteiger partial charge in [-0.05, 0) is 50.2 Å². The van der Waals surface area contributed by atoms with Gasteiger partial charge in [-0.2, -0.15) is 0 Å². The number of nitrogens with two attached hydrogens (primary N) is 1. The van der Waals surface area contributed by atoms with Gasteiger partial charge in [-0.1, -0.05) is 68.4 Å². The van der Waals surface area contributed by atoms with Crippen molar-refractivity contribution in [2.24, 2.45) is 11.7 Å². The van der Waals surface area contributed by atoms with E-state index in [4.69, 9.17) is 19.8 Å². The minimum Gasteiger partial charge on any atom is -0.445 e. The second-order valence-corrected chi connectivity index (χ2v) is 10.9. The average Bonchev–Trinajstić information content (AvgIpc) is 3.08. The summed E-state index contributed by atoms with van der Waals surface area (Å²) in [4.78, 5) is 37.6. The summed E-state index contributed by atoms with van der Waals surface area (Å²) in [5, 5.41) is 5.28. The molecule has 0 aromatic heterocycles. The minimum atomic E-state index is -0.964. The van der Waals surface area contributed by atoms with Gasteiger partial charge in [0.2, 0.25) is 11.8 Å². The third-order valence-electron chi connectivity index (χ3n) is 7.04. The number of nitrogens with one attached hydrogen (secondary N) is 2. The fourth-order valence-electron chi connectivity index (χ4n) is 3.94. The smallest absolute Gasteiger partial charge is 0.445 e. The van der Waals surface area contributed by atoms with Crippen molar-refractivity contribution in [3.8, 4) is 0 Å². The molecule has 1 aliphatic rings. The van der Waals surface area contributed by atoms with Crippen LogP contribution in [0.4, 0.5) is 4.79 Å². The quantitative estimate of drug-likeness (QED) is 0.411. The first-order valence-corrected chi connectivity index (χ1v) is 12.8. The van der Waals surface area contributed by atoms with Gasteiger partial charge in [-0.25, -0.2) is 4.79 Å². The van der Waals surface area contributed by atoms with E-state index in [0.29, 0.717) is 0 Å². The first-order valence-electron chi connectivity index (χ1n) is 12.8. The summed E-state index contributed by atoms with van der Waals surface area (Å²) in [7, 11) is -0.500. The molecule has 2 aromatic carbocycles. The van der Waals surface area contributed by atoms with Crippen LogP contribution in [-0.4, -0.2) is 48.3 Å². The van der Waals surface area contributed by atoms with Crippen LogP contribution in [-0.2, 0) is 36.7 Å². The molecule has 1 heterocycles. The van der Waals surface area contributed by atoms with Crippen LogP contribution in [0, 0.1) is 5.92 Å². The Morgan fingerprint density at radius 1 is 0.895 bits per heavy atom. The molecule has 1 fully saturated rings. The Kier molecular flexibility index (Phi) is 9.22. The van der Waals surface area contributed by atoms with Crippen LogP contribution in [0.1, 0.15) is 52.7 Å². The van der Waals surface area contributed by atoms with Gasteiger partial charge in [0, 0.05) is 6.42 Å². The molecule has 1 saturated heterocycles. The van der Waals surface area contributed by atoms with Crippen LogP contribution < -0.4 is 21.8 Å². The standard InChI is InChI=1S/C28H38BN3O6/c1-18(2)23(32-26(35)36-17-20-10-8-7-9-11-20)25(34)31-22(24(30)33)16-19-12-14-21(15-13-19)29-37-27(3,4)28(5,6)38-29/h7-15,18,22-23H,16-17H2,1-6H3,(H2,30,33)(H,31,34)(H,32,35)/t22-,23+/m1/s1. The van der Waals surface area contributed by atoms with Gasteiger partial charge in [0.05, 0.1) is 11.2 Å². The minimum absolute atomic E-state index is 0.0743. The monoisotopic (exact) mass is 523 g/mol. The molecule has 0 unspecified atom stereocenters. The summed E-state index contributed by atoms with van der Waals surface area (Å²) in [6, 6.07) is 14.8. The van der Waals surface area contributed by atoms with Gasteiger partial charge in [0.25, 0.3) is 0 Å². The molecule has 0 aliphatic carbocycles. The largest absolute Gasteiger partial charge is 0.494 e. The van der Waals surface area contributed by atoms with E-state index in [1.165, 1.54) is 0 Å². The molecule has 10 heteroatoms. The van der Waals surface area contributed by atoms with Crippen molar-refractivity contribution >= 4 is 30.5 Å². The molecule has 0 bridgehead atoms. The molecule has 204 valence electrons. The lowest BCUT2D eigenvalue weighted by molar-refractivity contribution is -0.129. The molecule has 0 spiro atoms. The highest BCUT2D eigenvalue weighted by Crippen LogP contribution is 2.36. The molecule has 1 aliphatic heterocycles. The van der Waals surface area contributed by atoms with Crippen molar-refractivity contribution in [1.82, 2.24) is 10.6 Å². The molecule has 0 saturated carbocycles. The zero-order valence-corrected chi connectivity index (χ0v) is 22.9. The van der Waals surface area contributed by atoms with E-state index < -0.39 is 48.3 Å². The number of benzene rings is 2. The summed E-state index contributed by atoms with van der Waals surface area (Å²) >= 11 is 0. The molecule has 4 N–H and O–H groups in total. The van der Waals surface area contributed by atoms with Gasteiger partial charge in [0.15, 0.2) is 0 Å². The van der Waals surface area contributed by atoms with Crippen LogP contribution in [0.25, 0.3) is 0 Å². The normalized spacial score (nSPS) is 17.5. The molecule has 9 nitrogen and oxygen atoms in total. The highest BCUT2D eigenvalue weighted by atomic mass is 16.7. The second kappa shape index (κ2) is 12.0. The maximum absolute atomic E-state index is 13.0. The Balaban J connectivity index is 1.60. The second-order valence-electron chi connectivity index (χ2n) is 10.9. The topological polar surface area (TPSA) is 129 Å². The summed E-state index contributed by atoms with van der Waals surface area (Å²) in [5.74, 6) is -1.45. The summed E-state index contributed by atoms with van der Waals surface area (Å²) in [6.45, 7) is 11.6. The number of carbonyl (C=O) groups is 3. The Hall–Kier alpha value is -3.37. The maximum atomic E-state index is 13.0. The zero-order chi connectivity index (χ0) is 28.1. The maximum Gasteiger partial charge on any atom is 0.494 e. The lowest BCUT2D eigenvalue weighted by Crippen LogP contribution is -2.55. The van der Waals surface area contributed by atoms with E-state index in [-0.39, 0.29) is 18.9 Å². The van der Waals surface area contributed by atoms with Crippen molar-refractivity contribution in [2.75, 3.05) is 0 Å². The zero-order valence-electron chi connectivity index (χ0n) is 22.9. The van der Waals surface area contributed by atoms with E-state index in [0.717, 1.165) is 16.6 Å². The molecule has 38 heavy (non-hydrogen) atoms. The third-order valence-corrected chi connectivity index (χ3v) is 7.04. The molecule has 3 amide bonds. The number of alkyl carbamates (subject to hydrolysis) is 1. The van der Waals surface area contributed by atoms with Gasteiger partial charge >= 0.3 is 13.2 Å². The Morgan fingerprint density at radius 3 is 2.00 bits per heavy atom. The molecule has 2 atom stereocenters. The SMILES string of the molecule is CC(C)[C@H](NC(=O)OCc1ccccc1)C(=O)N[C@H](Cc1ccc(B2OC(C)(C)C(C)(C)O2)cc1)C(N)=O. The van der Waals surface area contributed by atoms with Gasteiger partial charge in [-0.15, -0.1) is 0 Å². The Labute approximate surface area is 224 Å². The number of carbonyl (C=O) groups excluding carboxylic acids is 3. The fraction of sp³-hybridized carbons (Fsp3) is 0.464. The number of hydrogen-bond acceptors (Lipinski definition) is 6. The van der Waals surface area contributed by atoms with E-state index >= 15 is 0 Å². The number of rotatable bonds is 10. The molecule has 2 aromatic rings. The van der Waals surface area contributed by atoms with Crippen molar-refractivity contribution in [1.29, 1.82) is 0 Å². The fourth-order valence-corrected chi connectivity index (χ4v) is 3.94. The number of hydrogen-bond donors (Lipinski definition) is 3. The van der Waals surface area contributed by atoms with Gasteiger partial charge in [-0.3, -0.25) is 9.59 Å². The van der Waals surface area contributed by atoms with Crippen molar-refractivity contribution in [2.45, 2.75) is 77.9 Å². The van der Waals surface area contributed by atoms with Gasteiger partial charge in [0.1, 0.15) is 18.7 Å². The number of amides is 3. The van der Waals surface area contributed by atoms with E-state index in [1.807, 2.05) is 82.3 Å². The number of ether oxygens (including phenoxy) is 1. The summed E-state index contributed by atoms with van der Waals surface area (Å²) < 4.78 is 17.4. The highest BCUT2D eigenvalue weighted by molar-refractivity contribution is 6.62. The average molecular weight is 523 g/mol. The lowest BCUT2D eigenvalue weighted by atomic mass is 9.78. The number of primary amides is 1. The van der Waals surface area contributed by atoms with Crippen LogP contribution in [0.2, 0.25) is 0 Å². The predicted molar refractivity (Wildman–Crippen MR) is 145 cm³/mol. The summed E-state index contributed by atoms with van der Waals surface area (Å²) in [5.41, 5.74) is 7.18. The van der Waals surface area contributed by atoms with Crippen LogP contribution in [0.15, 0.2) is 54.6 Å². The van der Waals surface area contributed by atoms with Crippen molar-refractivity contribution < 1.29 is 28.4 Å². The van der Waals surface area contributed by atoms with E-state index in [2.05, 4.69) is 10.6 Å². The highest BCUT2D eigenvalue weighted by Gasteiger charge is 2.51. The van der Waals surface area contributed by atoms with E-state index in [1.54, 1.807) is 13.8 Å². The molecular weight excluding hydrogens is 485 g/mol. The summed E-state index contributed by atoms with van der Waals surface area (Å²) in [6.07, 6.45) is -0.537. The van der Waals surface area contributed by atoms with Crippen LogP contribution in [0.3, 0.4) is 0 Å². The van der Waals surface area contributed by atoms with Gasteiger partial charge < -0.3 is 30.4 Å².